The lowest BCUT2D eigenvalue weighted by atomic mass is 10.1. The highest BCUT2D eigenvalue weighted by Crippen LogP contribution is 2.28. The van der Waals surface area contributed by atoms with Gasteiger partial charge in [0.2, 0.25) is 0 Å². The summed E-state index contributed by atoms with van der Waals surface area (Å²) < 4.78 is 5.19. The molecule has 0 aromatic heterocycles. The minimum absolute atomic E-state index is 0.0877. The summed E-state index contributed by atoms with van der Waals surface area (Å²) in [6.07, 6.45) is 0. The van der Waals surface area contributed by atoms with Gasteiger partial charge >= 0.3 is 0 Å². The summed E-state index contributed by atoms with van der Waals surface area (Å²) >= 11 is 0. The quantitative estimate of drug-likeness (QED) is 0.577. The van der Waals surface area contributed by atoms with Crippen molar-refractivity contribution in [3.8, 4) is 5.75 Å². The predicted octanol–water partition coefficient (Wildman–Crippen LogP) is 1.26. The predicted molar refractivity (Wildman–Crippen MR) is 107 cm³/mol. The molecule has 28 heavy (non-hydrogen) atoms. The molecule has 0 radical (unpaired) electrons. The molecule has 0 unspecified atom stereocenters. The number of carbonyl (C=O) groups is 1. The molecule has 8 nitrogen and oxygen atoms in total. The molecule has 148 valence electrons. The Morgan fingerprint density at radius 1 is 1.25 bits per heavy atom. The van der Waals surface area contributed by atoms with Crippen LogP contribution in [0.25, 0.3) is 0 Å². The number of piperazine rings is 1. The Bertz CT molecular complexity index is 863. The molecule has 1 amide bonds. The maximum Gasteiger partial charge on any atom is 0.279 e. The van der Waals surface area contributed by atoms with Crippen LogP contribution >= 0.6 is 0 Å². The lowest BCUT2D eigenvalue weighted by Gasteiger charge is -2.34. The number of quaternary nitrogens is 1. The van der Waals surface area contributed by atoms with Crippen LogP contribution in [0.3, 0.4) is 0 Å². The molecule has 8 heteroatoms. The molecule has 0 aliphatic carbocycles. The number of carbonyl (C=O) groups excluding carboxylic acids is 1. The van der Waals surface area contributed by atoms with Gasteiger partial charge in [0.15, 0.2) is 6.54 Å². The number of nitrogens with one attached hydrogen (secondary N) is 2. The fourth-order valence-corrected chi connectivity index (χ4v) is 3.49. The molecular weight excluding hydrogens is 360 g/mol. The number of ether oxygens (including phenoxy) is 1. The van der Waals surface area contributed by atoms with Crippen LogP contribution in [0, 0.1) is 17.0 Å². The van der Waals surface area contributed by atoms with Gasteiger partial charge in [-0.05, 0) is 24.6 Å². The number of rotatable bonds is 6. The second-order valence-corrected chi connectivity index (χ2v) is 6.89. The van der Waals surface area contributed by atoms with E-state index in [1.165, 1.54) is 41.5 Å². The van der Waals surface area contributed by atoms with Gasteiger partial charge in [-0.2, -0.15) is 0 Å². The van der Waals surface area contributed by atoms with Gasteiger partial charge in [0.1, 0.15) is 5.75 Å². The van der Waals surface area contributed by atoms with E-state index in [1.807, 2.05) is 12.1 Å². The normalized spacial score (nSPS) is 14.6. The lowest BCUT2D eigenvalue weighted by molar-refractivity contribution is -0.892. The van der Waals surface area contributed by atoms with Gasteiger partial charge in [-0.1, -0.05) is 18.2 Å². The summed E-state index contributed by atoms with van der Waals surface area (Å²) in [5, 5.41) is 13.7. The number of hydrogen-bond donors (Lipinski definition) is 2. The smallest absolute Gasteiger partial charge is 0.279 e. The van der Waals surface area contributed by atoms with Crippen LogP contribution in [0.2, 0.25) is 0 Å². The summed E-state index contributed by atoms with van der Waals surface area (Å²) in [6.45, 7) is 5.89. The zero-order valence-electron chi connectivity index (χ0n) is 16.1. The van der Waals surface area contributed by atoms with Gasteiger partial charge in [0.05, 0.1) is 43.9 Å². The number of hydrogen-bond acceptors (Lipinski definition) is 5. The molecule has 2 aromatic carbocycles. The Hall–Kier alpha value is -3.13. The van der Waals surface area contributed by atoms with Crippen molar-refractivity contribution in [2.75, 3.05) is 50.1 Å². The SMILES string of the molecule is COc1ccc([N+](=O)[O-])cc1NC(=O)C[NH+]1CCN(c2ccccc2C)CC1. The highest BCUT2D eigenvalue weighted by atomic mass is 16.6. The summed E-state index contributed by atoms with van der Waals surface area (Å²) in [4.78, 5) is 26.5. The van der Waals surface area contributed by atoms with Crippen LogP contribution in [-0.2, 0) is 4.79 Å². The fraction of sp³-hybridized carbons (Fsp3) is 0.350. The highest BCUT2D eigenvalue weighted by Gasteiger charge is 2.24. The molecule has 0 bridgehead atoms. The molecule has 1 aliphatic rings. The Morgan fingerprint density at radius 3 is 2.61 bits per heavy atom. The highest BCUT2D eigenvalue weighted by molar-refractivity contribution is 5.93. The molecule has 1 heterocycles. The number of nitro benzene ring substituents is 1. The van der Waals surface area contributed by atoms with E-state index in [9.17, 15) is 14.9 Å². The van der Waals surface area contributed by atoms with E-state index >= 15 is 0 Å². The van der Waals surface area contributed by atoms with Crippen molar-refractivity contribution in [3.63, 3.8) is 0 Å². The van der Waals surface area contributed by atoms with Crippen molar-refractivity contribution >= 4 is 23.0 Å². The number of nitrogens with zero attached hydrogens (tertiary/aromatic N) is 2. The minimum atomic E-state index is -0.495. The van der Waals surface area contributed by atoms with Gasteiger partial charge in [-0.25, -0.2) is 0 Å². The van der Waals surface area contributed by atoms with Crippen molar-refractivity contribution < 1.29 is 19.4 Å². The third-order valence-corrected chi connectivity index (χ3v) is 5.01. The van der Waals surface area contributed by atoms with E-state index in [-0.39, 0.29) is 11.6 Å². The first kappa shape index (κ1) is 19.6. The number of amides is 1. The van der Waals surface area contributed by atoms with Crippen LogP contribution < -0.4 is 19.9 Å². The number of nitro groups is 1. The first-order valence-corrected chi connectivity index (χ1v) is 9.24. The molecule has 0 atom stereocenters. The van der Waals surface area contributed by atoms with E-state index in [4.69, 9.17) is 4.74 Å². The topological polar surface area (TPSA) is 89.1 Å². The molecule has 2 aromatic rings. The number of anilines is 2. The molecular formula is C20H25N4O4+. The standard InChI is InChI=1S/C20H24N4O4/c1-15-5-3-4-6-18(15)23-11-9-22(10-12-23)14-20(25)21-17-13-16(24(26)27)7-8-19(17)28-2/h3-8,13H,9-12,14H2,1-2H3,(H,21,25)/p+1. The monoisotopic (exact) mass is 385 g/mol. The second-order valence-electron chi connectivity index (χ2n) is 6.89. The van der Waals surface area contributed by atoms with Crippen molar-refractivity contribution in [2.45, 2.75) is 6.92 Å². The average molecular weight is 385 g/mol. The van der Waals surface area contributed by atoms with Gasteiger partial charge in [0.25, 0.3) is 11.6 Å². The van der Waals surface area contributed by atoms with Crippen LogP contribution in [-0.4, -0.2) is 50.7 Å². The lowest BCUT2D eigenvalue weighted by Crippen LogP contribution is -3.15. The van der Waals surface area contributed by atoms with Gasteiger partial charge in [0, 0.05) is 17.8 Å². The molecule has 0 saturated carbocycles. The van der Waals surface area contributed by atoms with Gasteiger partial charge in [-0.15, -0.1) is 0 Å². The Kier molecular flexibility index (Phi) is 6.10. The van der Waals surface area contributed by atoms with Gasteiger partial charge < -0.3 is 19.9 Å². The average Bonchev–Trinajstić information content (AvgIpc) is 2.69. The summed E-state index contributed by atoms with van der Waals surface area (Å²) in [5.74, 6) is 0.219. The van der Waals surface area contributed by atoms with Crippen LogP contribution in [0.1, 0.15) is 5.56 Å². The third-order valence-electron chi connectivity index (χ3n) is 5.01. The maximum atomic E-state index is 12.5. The van der Waals surface area contributed by atoms with Crippen molar-refractivity contribution in [1.82, 2.24) is 0 Å². The molecule has 0 spiro atoms. The van der Waals surface area contributed by atoms with Crippen LogP contribution in [0.5, 0.6) is 5.75 Å². The third kappa shape index (κ3) is 4.58. The number of benzene rings is 2. The number of non-ortho nitro benzene ring substituents is 1. The van der Waals surface area contributed by atoms with E-state index in [2.05, 4.69) is 29.3 Å². The van der Waals surface area contributed by atoms with Crippen molar-refractivity contribution in [1.29, 1.82) is 0 Å². The minimum Gasteiger partial charge on any atom is -0.495 e. The fourth-order valence-electron chi connectivity index (χ4n) is 3.49. The molecule has 1 fully saturated rings. The molecule has 1 aliphatic heterocycles. The van der Waals surface area contributed by atoms with E-state index in [0.29, 0.717) is 18.0 Å². The largest absolute Gasteiger partial charge is 0.495 e. The van der Waals surface area contributed by atoms with Crippen molar-refractivity contribution in [3.05, 3.63) is 58.1 Å². The number of methoxy groups -OCH3 is 1. The summed E-state index contributed by atoms with van der Waals surface area (Å²) in [6, 6.07) is 12.5. The number of para-hydroxylation sites is 1. The summed E-state index contributed by atoms with van der Waals surface area (Å²) in [5.41, 5.74) is 2.73. The van der Waals surface area contributed by atoms with Crippen LogP contribution in [0.4, 0.5) is 17.1 Å². The first-order chi connectivity index (χ1) is 13.5. The molecule has 2 N–H and O–H groups in total. The Balaban J connectivity index is 1.57. The first-order valence-electron chi connectivity index (χ1n) is 9.24. The summed E-state index contributed by atoms with van der Waals surface area (Å²) in [7, 11) is 1.47. The Morgan fingerprint density at radius 2 is 1.96 bits per heavy atom. The number of aryl methyl sites for hydroxylation is 1. The molecule has 1 saturated heterocycles. The van der Waals surface area contributed by atoms with Gasteiger partial charge in [-0.3, -0.25) is 14.9 Å². The van der Waals surface area contributed by atoms with Crippen molar-refractivity contribution in [2.24, 2.45) is 0 Å². The maximum absolute atomic E-state index is 12.5. The zero-order valence-corrected chi connectivity index (χ0v) is 16.1. The molecule has 3 rings (SSSR count). The van der Waals surface area contributed by atoms with Crippen LogP contribution in [0.15, 0.2) is 42.5 Å². The zero-order chi connectivity index (χ0) is 20.1. The second kappa shape index (κ2) is 8.71. The van der Waals surface area contributed by atoms with E-state index in [1.54, 1.807) is 0 Å². The van der Waals surface area contributed by atoms with E-state index in [0.717, 1.165) is 26.2 Å². The Labute approximate surface area is 163 Å². The van der Waals surface area contributed by atoms with E-state index < -0.39 is 4.92 Å².